The smallest absolute Gasteiger partial charge is 0.228 e. The number of benzene rings is 2. The number of nitrogens with zero attached hydrogens (tertiary/aromatic N) is 3. The van der Waals surface area contributed by atoms with E-state index in [2.05, 4.69) is 36.9 Å². The molecule has 2 heterocycles. The maximum Gasteiger partial charge on any atom is 0.228 e. The molecule has 0 bridgehead atoms. The standard InChI is InChI=1S/C23H26FN3O2/c1-16-4-3-5-21(17(16)2)25-10-12-26(13-11-25)23(29)18-14-22(28)27(15-18)20-8-6-19(24)7-9-20/h3-9,18H,10-15H2,1-2H3. The number of rotatable bonds is 3. The minimum Gasteiger partial charge on any atom is -0.368 e. The number of aryl methyl sites for hydroxylation is 1. The molecule has 29 heavy (non-hydrogen) atoms. The topological polar surface area (TPSA) is 43.9 Å². The Morgan fingerprint density at radius 3 is 2.38 bits per heavy atom. The Hall–Kier alpha value is -2.89. The highest BCUT2D eigenvalue weighted by Crippen LogP contribution is 2.28. The highest BCUT2D eigenvalue weighted by molar-refractivity contribution is 6.00. The third-order valence-electron chi connectivity index (χ3n) is 6.12. The van der Waals surface area contributed by atoms with Gasteiger partial charge < -0.3 is 14.7 Å². The normalized spacial score (nSPS) is 19.8. The molecule has 6 heteroatoms. The van der Waals surface area contributed by atoms with Crippen LogP contribution in [0.1, 0.15) is 17.5 Å². The maximum atomic E-state index is 13.2. The van der Waals surface area contributed by atoms with Gasteiger partial charge in [-0.15, -0.1) is 0 Å². The number of halogens is 1. The van der Waals surface area contributed by atoms with Gasteiger partial charge in [0.2, 0.25) is 11.8 Å². The van der Waals surface area contributed by atoms with Crippen molar-refractivity contribution in [2.24, 2.45) is 5.92 Å². The fraction of sp³-hybridized carbons (Fsp3) is 0.391. The number of piperazine rings is 1. The summed E-state index contributed by atoms with van der Waals surface area (Å²) in [4.78, 5) is 31.2. The predicted octanol–water partition coefficient (Wildman–Crippen LogP) is 3.14. The van der Waals surface area contributed by atoms with Gasteiger partial charge >= 0.3 is 0 Å². The van der Waals surface area contributed by atoms with Crippen LogP contribution < -0.4 is 9.80 Å². The largest absolute Gasteiger partial charge is 0.368 e. The number of hydrogen-bond acceptors (Lipinski definition) is 3. The van der Waals surface area contributed by atoms with E-state index in [9.17, 15) is 14.0 Å². The van der Waals surface area contributed by atoms with Gasteiger partial charge in [-0.2, -0.15) is 0 Å². The van der Waals surface area contributed by atoms with E-state index in [1.807, 2.05) is 4.90 Å². The van der Waals surface area contributed by atoms with E-state index in [4.69, 9.17) is 0 Å². The molecule has 4 rings (SSSR count). The van der Waals surface area contributed by atoms with E-state index >= 15 is 0 Å². The van der Waals surface area contributed by atoms with Crippen LogP contribution in [0, 0.1) is 25.6 Å². The Labute approximate surface area is 170 Å². The van der Waals surface area contributed by atoms with Crippen molar-refractivity contribution in [2.75, 3.05) is 42.5 Å². The molecule has 5 nitrogen and oxygen atoms in total. The molecule has 0 radical (unpaired) electrons. The highest BCUT2D eigenvalue weighted by Gasteiger charge is 2.38. The molecule has 0 aliphatic carbocycles. The number of hydrogen-bond donors (Lipinski definition) is 0. The van der Waals surface area contributed by atoms with E-state index in [1.54, 1.807) is 17.0 Å². The first kappa shape index (κ1) is 19.4. The Morgan fingerprint density at radius 1 is 1.00 bits per heavy atom. The summed E-state index contributed by atoms with van der Waals surface area (Å²) in [5.74, 6) is -0.706. The first-order chi connectivity index (χ1) is 13.9. The summed E-state index contributed by atoms with van der Waals surface area (Å²) >= 11 is 0. The van der Waals surface area contributed by atoms with Crippen molar-refractivity contribution in [2.45, 2.75) is 20.3 Å². The molecule has 2 aliphatic heterocycles. The summed E-state index contributed by atoms with van der Waals surface area (Å²) in [7, 11) is 0. The second kappa shape index (κ2) is 7.85. The van der Waals surface area contributed by atoms with Gasteiger partial charge in [0.05, 0.1) is 5.92 Å². The van der Waals surface area contributed by atoms with Gasteiger partial charge in [0.25, 0.3) is 0 Å². The van der Waals surface area contributed by atoms with Gasteiger partial charge in [0.15, 0.2) is 0 Å². The van der Waals surface area contributed by atoms with Crippen molar-refractivity contribution in [3.05, 3.63) is 59.4 Å². The van der Waals surface area contributed by atoms with Gasteiger partial charge in [0.1, 0.15) is 5.82 Å². The molecule has 2 fully saturated rings. The van der Waals surface area contributed by atoms with E-state index < -0.39 is 0 Å². The number of carbonyl (C=O) groups excluding carboxylic acids is 2. The van der Waals surface area contributed by atoms with Crippen LogP contribution in [-0.2, 0) is 9.59 Å². The van der Waals surface area contributed by atoms with E-state index in [0.29, 0.717) is 25.3 Å². The number of amides is 2. The third-order valence-corrected chi connectivity index (χ3v) is 6.12. The summed E-state index contributed by atoms with van der Waals surface area (Å²) < 4.78 is 13.2. The molecule has 2 aromatic carbocycles. The predicted molar refractivity (Wildman–Crippen MR) is 112 cm³/mol. The Morgan fingerprint density at radius 2 is 1.69 bits per heavy atom. The van der Waals surface area contributed by atoms with Crippen LogP contribution in [0.15, 0.2) is 42.5 Å². The van der Waals surface area contributed by atoms with Crippen molar-refractivity contribution in [3.8, 4) is 0 Å². The lowest BCUT2D eigenvalue weighted by Gasteiger charge is -2.38. The van der Waals surface area contributed by atoms with Crippen molar-refractivity contribution < 1.29 is 14.0 Å². The summed E-state index contributed by atoms with van der Waals surface area (Å²) in [6.45, 7) is 7.51. The summed E-state index contributed by atoms with van der Waals surface area (Å²) in [5, 5.41) is 0. The molecule has 0 spiro atoms. The molecule has 2 amide bonds. The first-order valence-corrected chi connectivity index (χ1v) is 10.1. The molecular formula is C23H26FN3O2. The first-order valence-electron chi connectivity index (χ1n) is 10.1. The summed E-state index contributed by atoms with van der Waals surface area (Å²) in [5.41, 5.74) is 4.43. The second-order valence-corrected chi connectivity index (χ2v) is 7.91. The molecule has 1 unspecified atom stereocenters. The molecular weight excluding hydrogens is 369 g/mol. The van der Waals surface area contributed by atoms with Crippen LogP contribution in [0.4, 0.5) is 15.8 Å². The van der Waals surface area contributed by atoms with Gasteiger partial charge in [-0.1, -0.05) is 12.1 Å². The third kappa shape index (κ3) is 3.84. The summed E-state index contributed by atoms with van der Waals surface area (Å²) in [6, 6.07) is 12.2. The zero-order chi connectivity index (χ0) is 20.5. The fourth-order valence-corrected chi connectivity index (χ4v) is 4.25. The zero-order valence-electron chi connectivity index (χ0n) is 16.9. The van der Waals surface area contributed by atoms with Crippen LogP contribution in [0.25, 0.3) is 0 Å². The van der Waals surface area contributed by atoms with Gasteiger partial charge in [-0.05, 0) is 55.3 Å². The van der Waals surface area contributed by atoms with Gasteiger partial charge in [-0.3, -0.25) is 9.59 Å². The number of anilines is 2. The van der Waals surface area contributed by atoms with Crippen LogP contribution >= 0.6 is 0 Å². The van der Waals surface area contributed by atoms with Crippen LogP contribution in [0.3, 0.4) is 0 Å². The van der Waals surface area contributed by atoms with Crippen LogP contribution in [0.2, 0.25) is 0 Å². The SMILES string of the molecule is Cc1cccc(N2CCN(C(=O)C3CC(=O)N(c4ccc(F)cc4)C3)CC2)c1C. The molecule has 2 aromatic rings. The van der Waals surface area contributed by atoms with Crippen LogP contribution in [0.5, 0.6) is 0 Å². The molecule has 0 saturated carbocycles. The Kier molecular flexibility index (Phi) is 5.26. The Bertz CT molecular complexity index is 920. The lowest BCUT2D eigenvalue weighted by atomic mass is 10.1. The molecule has 2 aliphatic rings. The van der Waals surface area contributed by atoms with E-state index in [0.717, 1.165) is 13.1 Å². The molecule has 1 atom stereocenters. The molecule has 152 valence electrons. The lowest BCUT2D eigenvalue weighted by Crippen LogP contribution is -2.51. The number of carbonyl (C=O) groups is 2. The van der Waals surface area contributed by atoms with Crippen molar-refractivity contribution >= 4 is 23.2 Å². The Balaban J connectivity index is 1.38. The second-order valence-electron chi connectivity index (χ2n) is 7.91. The van der Waals surface area contributed by atoms with Gasteiger partial charge in [0, 0.05) is 50.5 Å². The monoisotopic (exact) mass is 395 g/mol. The van der Waals surface area contributed by atoms with Crippen LogP contribution in [-0.4, -0.2) is 49.4 Å². The van der Waals surface area contributed by atoms with Crippen molar-refractivity contribution in [1.29, 1.82) is 0 Å². The van der Waals surface area contributed by atoms with E-state index in [-0.39, 0.29) is 30.0 Å². The highest BCUT2D eigenvalue weighted by atomic mass is 19.1. The average molecular weight is 395 g/mol. The minimum absolute atomic E-state index is 0.0450. The molecule has 0 aromatic heterocycles. The van der Waals surface area contributed by atoms with Crippen molar-refractivity contribution in [1.82, 2.24) is 4.90 Å². The van der Waals surface area contributed by atoms with E-state index in [1.165, 1.54) is 28.9 Å². The maximum absolute atomic E-state index is 13.2. The van der Waals surface area contributed by atoms with Crippen molar-refractivity contribution in [3.63, 3.8) is 0 Å². The molecule has 0 N–H and O–H groups in total. The fourth-order valence-electron chi connectivity index (χ4n) is 4.25. The average Bonchev–Trinajstić information content (AvgIpc) is 3.12. The quantitative estimate of drug-likeness (QED) is 0.802. The van der Waals surface area contributed by atoms with Gasteiger partial charge in [-0.25, -0.2) is 4.39 Å². The zero-order valence-corrected chi connectivity index (χ0v) is 16.9. The molecule has 2 saturated heterocycles. The lowest BCUT2D eigenvalue weighted by molar-refractivity contribution is -0.136. The summed E-state index contributed by atoms with van der Waals surface area (Å²) in [6.07, 6.45) is 0.216. The minimum atomic E-state index is -0.338.